The van der Waals surface area contributed by atoms with Gasteiger partial charge in [0.05, 0.1) is 0 Å². The zero-order valence-electron chi connectivity index (χ0n) is 7.31. The van der Waals surface area contributed by atoms with Gasteiger partial charge in [-0.2, -0.15) is 0 Å². The second-order valence-electron chi connectivity index (χ2n) is 3.64. The molecule has 1 saturated carbocycles. The number of benzene rings is 1. The third-order valence-corrected chi connectivity index (χ3v) is 3.52. The molecule has 0 spiro atoms. The summed E-state index contributed by atoms with van der Waals surface area (Å²) in [5, 5.41) is 0. The number of halogens is 1. The molecule has 1 fully saturated rings. The minimum atomic E-state index is 0.556. The van der Waals surface area contributed by atoms with E-state index in [0.717, 1.165) is 0 Å². The molecular formula is C11H13Br. The van der Waals surface area contributed by atoms with E-state index in [-0.39, 0.29) is 0 Å². The van der Waals surface area contributed by atoms with Crippen LogP contribution in [-0.2, 0) is 5.41 Å². The van der Waals surface area contributed by atoms with Gasteiger partial charge in [-0.25, -0.2) is 0 Å². The summed E-state index contributed by atoms with van der Waals surface area (Å²) < 4.78 is 1.18. The Morgan fingerprint density at radius 3 is 2.25 bits per heavy atom. The first kappa shape index (κ1) is 8.31. The van der Waals surface area contributed by atoms with Gasteiger partial charge >= 0.3 is 0 Å². The lowest BCUT2D eigenvalue weighted by molar-refractivity contribution is 0.664. The first-order valence-corrected chi connectivity index (χ1v) is 5.32. The summed E-state index contributed by atoms with van der Waals surface area (Å²) in [6.45, 7) is 2.29. The van der Waals surface area contributed by atoms with Crippen molar-refractivity contribution >= 4 is 15.9 Å². The summed E-state index contributed by atoms with van der Waals surface area (Å²) in [5.41, 5.74) is 2.08. The monoisotopic (exact) mass is 224 g/mol. The number of rotatable bonds is 2. The Morgan fingerprint density at radius 2 is 1.83 bits per heavy atom. The lowest BCUT2D eigenvalue weighted by Crippen LogP contribution is -2.03. The van der Waals surface area contributed by atoms with Crippen LogP contribution < -0.4 is 0 Å². The highest BCUT2D eigenvalue weighted by Crippen LogP contribution is 2.50. The van der Waals surface area contributed by atoms with E-state index >= 15 is 0 Å². The summed E-state index contributed by atoms with van der Waals surface area (Å²) in [6.07, 6.45) is 4.05. The quantitative estimate of drug-likeness (QED) is 0.716. The van der Waals surface area contributed by atoms with E-state index in [1.165, 1.54) is 29.3 Å². The molecule has 0 amide bonds. The predicted molar refractivity (Wildman–Crippen MR) is 55.3 cm³/mol. The van der Waals surface area contributed by atoms with E-state index < -0.39 is 0 Å². The van der Waals surface area contributed by atoms with Gasteiger partial charge in [-0.1, -0.05) is 35.0 Å². The van der Waals surface area contributed by atoms with Crippen LogP contribution in [0, 0.1) is 0 Å². The SMILES string of the molecule is CCC1(c2ccc(Br)cc2)CC1. The molecule has 2 rings (SSSR count). The van der Waals surface area contributed by atoms with Gasteiger partial charge < -0.3 is 0 Å². The van der Waals surface area contributed by atoms with Crippen LogP contribution in [0.25, 0.3) is 0 Å². The highest BCUT2D eigenvalue weighted by molar-refractivity contribution is 9.10. The minimum absolute atomic E-state index is 0.556. The summed E-state index contributed by atoms with van der Waals surface area (Å²) >= 11 is 3.45. The average Bonchev–Trinajstić information content (AvgIpc) is 2.86. The highest BCUT2D eigenvalue weighted by Gasteiger charge is 2.41. The van der Waals surface area contributed by atoms with Crippen molar-refractivity contribution in [3.8, 4) is 0 Å². The van der Waals surface area contributed by atoms with Crippen LogP contribution in [0.5, 0.6) is 0 Å². The van der Waals surface area contributed by atoms with Gasteiger partial charge in [-0.3, -0.25) is 0 Å². The summed E-state index contributed by atoms with van der Waals surface area (Å²) in [5.74, 6) is 0. The molecule has 0 bridgehead atoms. The van der Waals surface area contributed by atoms with Crippen molar-refractivity contribution in [2.45, 2.75) is 31.6 Å². The van der Waals surface area contributed by atoms with Crippen molar-refractivity contribution in [1.29, 1.82) is 0 Å². The minimum Gasteiger partial charge on any atom is -0.0645 e. The molecule has 0 saturated heterocycles. The lowest BCUT2D eigenvalue weighted by Gasteiger charge is -2.12. The zero-order chi connectivity index (χ0) is 8.60. The van der Waals surface area contributed by atoms with E-state index in [1.807, 2.05) is 0 Å². The number of hydrogen-bond acceptors (Lipinski definition) is 0. The maximum Gasteiger partial charge on any atom is 0.0175 e. The topological polar surface area (TPSA) is 0 Å². The van der Waals surface area contributed by atoms with Gasteiger partial charge in [0.25, 0.3) is 0 Å². The molecule has 0 atom stereocenters. The Kier molecular flexibility index (Phi) is 1.99. The third kappa shape index (κ3) is 1.31. The predicted octanol–water partition coefficient (Wildman–Crippen LogP) is 3.89. The van der Waals surface area contributed by atoms with E-state index in [4.69, 9.17) is 0 Å². The average molecular weight is 225 g/mol. The van der Waals surface area contributed by atoms with Crippen LogP contribution in [0.2, 0.25) is 0 Å². The lowest BCUT2D eigenvalue weighted by atomic mass is 9.94. The Balaban J connectivity index is 2.29. The molecule has 0 nitrogen and oxygen atoms in total. The standard InChI is InChI=1S/C11H13Br/c1-2-11(7-8-11)9-3-5-10(12)6-4-9/h3-6H,2,7-8H2,1H3. The second kappa shape index (κ2) is 2.88. The van der Waals surface area contributed by atoms with E-state index in [1.54, 1.807) is 0 Å². The normalized spacial score (nSPS) is 19.2. The van der Waals surface area contributed by atoms with Crippen LogP contribution >= 0.6 is 15.9 Å². The molecule has 1 aliphatic rings. The van der Waals surface area contributed by atoms with Crippen molar-refractivity contribution in [3.63, 3.8) is 0 Å². The fourth-order valence-corrected chi connectivity index (χ4v) is 2.07. The van der Waals surface area contributed by atoms with Crippen LogP contribution in [0.4, 0.5) is 0 Å². The van der Waals surface area contributed by atoms with Gasteiger partial charge in [0.1, 0.15) is 0 Å². The van der Waals surface area contributed by atoms with Crippen molar-refractivity contribution in [2.24, 2.45) is 0 Å². The van der Waals surface area contributed by atoms with Gasteiger partial charge in [0, 0.05) is 4.47 Å². The molecule has 0 N–H and O–H groups in total. The fraction of sp³-hybridized carbons (Fsp3) is 0.455. The summed E-state index contributed by atoms with van der Waals surface area (Å²) in [6, 6.07) is 8.79. The highest BCUT2D eigenvalue weighted by atomic mass is 79.9. The molecule has 0 radical (unpaired) electrons. The Hall–Kier alpha value is -0.300. The van der Waals surface area contributed by atoms with Crippen molar-refractivity contribution in [1.82, 2.24) is 0 Å². The van der Waals surface area contributed by atoms with E-state index in [9.17, 15) is 0 Å². The Bertz CT molecular complexity index is 270. The van der Waals surface area contributed by atoms with Gasteiger partial charge in [0.2, 0.25) is 0 Å². The van der Waals surface area contributed by atoms with Crippen LogP contribution in [0.3, 0.4) is 0 Å². The zero-order valence-corrected chi connectivity index (χ0v) is 8.89. The molecule has 0 aromatic heterocycles. The first-order valence-electron chi connectivity index (χ1n) is 4.53. The van der Waals surface area contributed by atoms with E-state index in [2.05, 4.69) is 47.1 Å². The maximum absolute atomic E-state index is 3.45. The molecule has 64 valence electrons. The Labute approximate surface area is 82.1 Å². The summed E-state index contributed by atoms with van der Waals surface area (Å²) in [4.78, 5) is 0. The largest absolute Gasteiger partial charge is 0.0645 e. The van der Waals surface area contributed by atoms with Gasteiger partial charge in [-0.15, -0.1) is 0 Å². The molecule has 1 aromatic carbocycles. The van der Waals surface area contributed by atoms with Crippen molar-refractivity contribution in [3.05, 3.63) is 34.3 Å². The smallest absolute Gasteiger partial charge is 0.0175 e. The van der Waals surface area contributed by atoms with Crippen LogP contribution in [0.15, 0.2) is 28.7 Å². The first-order chi connectivity index (χ1) is 5.77. The fourth-order valence-electron chi connectivity index (χ4n) is 1.80. The maximum atomic E-state index is 3.45. The van der Waals surface area contributed by atoms with Gasteiger partial charge in [-0.05, 0) is 42.4 Å². The Morgan fingerprint density at radius 1 is 1.25 bits per heavy atom. The molecule has 0 unspecified atom stereocenters. The molecule has 0 aliphatic heterocycles. The molecular weight excluding hydrogens is 212 g/mol. The van der Waals surface area contributed by atoms with Crippen LogP contribution in [-0.4, -0.2) is 0 Å². The molecule has 0 heterocycles. The molecule has 12 heavy (non-hydrogen) atoms. The van der Waals surface area contributed by atoms with Gasteiger partial charge in [0.15, 0.2) is 0 Å². The molecule has 1 aromatic rings. The van der Waals surface area contributed by atoms with Crippen LogP contribution in [0.1, 0.15) is 31.7 Å². The second-order valence-corrected chi connectivity index (χ2v) is 4.56. The van der Waals surface area contributed by atoms with E-state index in [0.29, 0.717) is 5.41 Å². The number of hydrogen-bond donors (Lipinski definition) is 0. The summed E-state index contributed by atoms with van der Waals surface area (Å²) in [7, 11) is 0. The third-order valence-electron chi connectivity index (χ3n) is 2.99. The van der Waals surface area contributed by atoms with Crippen molar-refractivity contribution < 1.29 is 0 Å². The molecule has 1 aliphatic carbocycles. The molecule has 1 heteroatoms. The van der Waals surface area contributed by atoms with Crippen molar-refractivity contribution in [2.75, 3.05) is 0 Å².